The Bertz CT molecular complexity index is 1780. The van der Waals surface area contributed by atoms with Crippen LogP contribution in [0.5, 0.6) is 11.5 Å². The van der Waals surface area contributed by atoms with Gasteiger partial charge in [-0.3, -0.25) is 13.9 Å². The maximum Gasteiger partial charge on any atom is 0.265 e. The number of amides is 2. The Morgan fingerprint density at radius 1 is 0.930 bits per heavy atom. The number of hydrogen-bond donors (Lipinski definition) is 1. The number of carbonyl (C=O) groups is 2. The lowest BCUT2D eigenvalue weighted by atomic mass is 10.1. The van der Waals surface area contributed by atoms with Gasteiger partial charge in [0.1, 0.15) is 11.5 Å². The molecule has 1 N–H and O–H groups in total. The van der Waals surface area contributed by atoms with Gasteiger partial charge in [-0.2, -0.15) is 0 Å². The molecule has 6 rings (SSSR count). The van der Waals surface area contributed by atoms with Crippen molar-refractivity contribution in [1.29, 1.82) is 0 Å². The molecule has 0 spiro atoms. The van der Waals surface area contributed by atoms with Gasteiger partial charge in [0.15, 0.2) is 12.7 Å². The molecule has 0 radical (unpaired) electrons. The average molecular weight is 598 g/mol. The Morgan fingerprint density at radius 3 is 2.44 bits per heavy atom. The number of nitrogens with zero attached hydrogens (tertiary/aromatic N) is 2. The van der Waals surface area contributed by atoms with Crippen LogP contribution in [0.15, 0.2) is 102 Å². The van der Waals surface area contributed by atoms with Gasteiger partial charge in [0.25, 0.3) is 21.8 Å². The summed E-state index contributed by atoms with van der Waals surface area (Å²) in [6, 6.07) is 28.7. The van der Waals surface area contributed by atoms with Gasteiger partial charge in [0, 0.05) is 13.1 Å². The van der Waals surface area contributed by atoms with Gasteiger partial charge in [-0.1, -0.05) is 60.7 Å². The van der Waals surface area contributed by atoms with Crippen molar-refractivity contribution in [1.82, 2.24) is 5.32 Å². The number of aryl methyl sites for hydroxylation is 1. The van der Waals surface area contributed by atoms with Crippen LogP contribution in [0.1, 0.15) is 16.7 Å². The zero-order valence-electron chi connectivity index (χ0n) is 23.6. The topological polar surface area (TPSA) is 105 Å². The van der Waals surface area contributed by atoms with Gasteiger partial charge in [-0.05, 0) is 66.4 Å². The molecule has 10 heteroatoms. The molecule has 2 aliphatic heterocycles. The molecule has 0 bridgehead atoms. The number of hydrogen-bond acceptors (Lipinski definition) is 6. The van der Waals surface area contributed by atoms with E-state index >= 15 is 0 Å². The van der Waals surface area contributed by atoms with Gasteiger partial charge in [0.2, 0.25) is 0 Å². The van der Waals surface area contributed by atoms with Crippen molar-refractivity contribution in [2.24, 2.45) is 0 Å². The minimum atomic E-state index is -3.76. The highest BCUT2D eigenvalue weighted by atomic mass is 32.2. The molecule has 0 fully saturated rings. The minimum absolute atomic E-state index is 0.0211. The first kappa shape index (κ1) is 28.3. The molecule has 0 aliphatic carbocycles. The summed E-state index contributed by atoms with van der Waals surface area (Å²) >= 11 is 0. The molecule has 220 valence electrons. The molecule has 0 aromatic heterocycles. The molecule has 0 unspecified atom stereocenters. The lowest BCUT2D eigenvalue weighted by molar-refractivity contribution is -0.128. The Labute approximate surface area is 250 Å². The fraction of sp³-hybridized carbons (Fsp3) is 0.212. The van der Waals surface area contributed by atoms with Crippen LogP contribution in [0.3, 0.4) is 0 Å². The number of ether oxygens (including phenoxy) is 2. The summed E-state index contributed by atoms with van der Waals surface area (Å²) in [5, 5.41) is 2.88. The molecular weight excluding hydrogens is 566 g/mol. The van der Waals surface area contributed by atoms with E-state index < -0.39 is 16.1 Å². The van der Waals surface area contributed by atoms with E-state index in [1.807, 2.05) is 54.6 Å². The summed E-state index contributed by atoms with van der Waals surface area (Å²) in [7, 11) is -3.76. The van der Waals surface area contributed by atoms with Gasteiger partial charge in [-0.25, -0.2) is 8.42 Å². The third kappa shape index (κ3) is 5.78. The number of benzene rings is 4. The molecule has 0 saturated heterocycles. The van der Waals surface area contributed by atoms with Gasteiger partial charge < -0.3 is 19.7 Å². The second-order valence-corrected chi connectivity index (χ2v) is 12.3. The Balaban J connectivity index is 1.13. The number of rotatable bonds is 8. The second kappa shape index (κ2) is 11.8. The molecule has 1 atom stereocenters. The van der Waals surface area contributed by atoms with Gasteiger partial charge >= 0.3 is 0 Å². The predicted molar refractivity (Wildman–Crippen MR) is 163 cm³/mol. The predicted octanol–water partition coefficient (Wildman–Crippen LogP) is 4.24. The number of para-hydroxylation sites is 3. The summed E-state index contributed by atoms with van der Waals surface area (Å²) in [5.74, 6) is 0.135. The highest BCUT2D eigenvalue weighted by Crippen LogP contribution is 2.35. The lowest BCUT2D eigenvalue weighted by Gasteiger charge is -2.34. The standard InChI is InChI=1S/C33H31N3O6S/c1-23-19-26(43(39,40)36-18-17-25-11-5-6-12-27(25)36)15-16-29(23)41-22-32(37)35-21-31(42-30-14-8-7-13-28(30)35)33(38)34-20-24-9-3-2-4-10-24/h2-16,19,31H,17-18,20-22H2,1H3,(H,34,38)/t31-/m0/s1. The summed E-state index contributed by atoms with van der Waals surface area (Å²) < 4.78 is 40.1. The van der Waals surface area contributed by atoms with Crippen LogP contribution in [0.4, 0.5) is 11.4 Å². The summed E-state index contributed by atoms with van der Waals surface area (Å²) in [6.07, 6.45) is -0.234. The largest absolute Gasteiger partial charge is 0.483 e. The van der Waals surface area contributed by atoms with E-state index in [9.17, 15) is 18.0 Å². The maximum absolute atomic E-state index is 13.4. The van der Waals surface area contributed by atoms with Crippen molar-refractivity contribution >= 4 is 33.2 Å². The molecule has 43 heavy (non-hydrogen) atoms. The zero-order chi connectivity index (χ0) is 30.0. The van der Waals surface area contributed by atoms with Crippen molar-refractivity contribution in [3.8, 4) is 11.5 Å². The quantitative estimate of drug-likeness (QED) is 0.326. The van der Waals surface area contributed by atoms with Crippen molar-refractivity contribution in [3.63, 3.8) is 0 Å². The fourth-order valence-corrected chi connectivity index (χ4v) is 6.94. The third-order valence-electron chi connectivity index (χ3n) is 7.61. The first-order valence-corrected chi connectivity index (χ1v) is 15.5. The number of anilines is 2. The average Bonchev–Trinajstić information content (AvgIpc) is 3.48. The summed E-state index contributed by atoms with van der Waals surface area (Å²) in [5.41, 5.74) is 3.78. The highest BCUT2D eigenvalue weighted by molar-refractivity contribution is 7.92. The van der Waals surface area contributed by atoms with Crippen LogP contribution < -0.4 is 24.0 Å². The van der Waals surface area contributed by atoms with Crippen LogP contribution in [0.2, 0.25) is 0 Å². The molecule has 0 saturated carbocycles. The van der Waals surface area contributed by atoms with E-state index in [4.69, 9.17) is 9.47 Å². The van der Waals surface area contributed by atoms with Crippen LogP contribution >= 0.6 is 0 Å². The molecule has 2 heterocycles. The van der Waals surface area contributed by atoms with E-state index in [1.54, 1.807) is 43.3 Å². The molecular formula is C33H31N3O6S. The highest BCUT2D eigenvalue weighted by Gasteiger charge is 2.34. The van der Waals surface area contributed by atoms with Crippen molar-refractivity contribution in [2.75, 3.05) is 28.9 Å². The van der Waals surface area contributed by atoms with Crippen molar-refractivity contribution in [2.45, 2.75) is 30.9 Å². The van der Waals surface area contributed by atoms with Crippen LogP contribution in [0.25, 0.3) is 0 Å². The number of nitrogens with one attached hydrogen (secondary N) is 1. The number of fused-ring (bicyclic) bond motifs is 2. The monoisotopic (exact) mass is 597 g/mol. The van der Waals surface area contributed by atoms with Crippen LogP contribution in [-0.2, 0) is 32.6 Å². The second-order valence-electron chi connectivity index (χ2n) is 10.5. The zero-order valence-corrected chi connectivity index (χ0v) is 24.4. The Kier molecular flexibility index (Phi) is 7.77. The normalized spacial score (nSPS) is 15.7. The fourth-order valence-electron chi connectivity index (χ4n) is 5.35. The summed E-state index contributed by atoms with van der Waals surface area (Å²) in [6.45, 7) is 2.19. The van der Waals surface area contributed by atoms with Crippen LogP contribution in [0, 0.1) is 6.92 Å². The van der Waals surface area contributed by atoms with E-state index in [0.717, 1.165) is 11.1 Å². The van der Waals surface area contributed by atoms with E-state index in [2.05, 4.69) is 5.32 Å². The number of carbonyl (C=O) groups excluding carboxylic acids is 2. The van der Waals surface area contributed by atoms with Crippen molar-refractivity contribution in [3.05, 3.63) is 114 Å². The first-order valence-electron chi connectivity index (χ1n) is 14.0. The molecule has 4 aromatic rings. The van der Waals surface area contributed by atoms with E-state index in [1.165, 1.54) is 15.3 Å². The molecule has 9 nitrogen and oxygen atoms in total. The molecule has 4 aromatic carbocycles. The van der Waals surface area contributed by atoms with Gasteiger partial charge in [0.05, 0.1) is 22.8 Å². The maximum atomic E-state index is 13.4. The Hall–Kier alpha value is -4.83. The lowest BCUT2D eigenvalue weighted by Crippen LogP contribution is -2.51. The SMILES string of the molecule is Cc1cc(S(=O)(=O)N2CCc3ccccc32)ccc1OCC(=O)N1C[C@@H](C(=O)NCc2ccccc2)Oc2ccccc21. The Morgan fingerprint density at radius 2 is 1.65 bits per heavy atom. The van der Waals surface area contributed by atoms with Crippen molar-refractivity contribution < 1.29 is 27.5 Å². The third-order valence-corrected chi connectivity index (χ3v) is 9.42. The first-order chi connectivity index (χ1) is 20.8. The van der Waals surface area contributed by atoms with E-state index in [0.29, 0.717) is 47.9 Å². The summed E-state index contributed by atoms with van der Waals surface area (Å²) in [4.78, 5) is 28.1. The van der Waals surface area contributed by atoms with E-state index in [-0.39, 0.29) is 29.9 Å². The van der Waals surface area contributed by atoms with Crippen LogP contribution in [-0.4, -0.2) is 46.0 Å². The molecule has 2 aliphatic rings. The molecule has 2 amide bonds. The van der Waals surface area contributed by atoms with Gasteiger partial charge in [-0.15, -0.1) is 0 Å². The smallest absolute Gasteiger partial charge is 0.265 e. The minimum Gasteiger partial charge on any atom is -0.483 e. The number of sulfonamides is 1.